The molecule has 0 aliphatic carbocycles. The van der Waals surface area contributed by atoms with Gasteiger partial charge < -0.3 is 25.2 Å². The minimum absolute atomic E-state index is 0.0161. The fraction of sp³-hybridized carbons (Fsp3) is 0.381. The van der Waals surface area contributed by atoms with E-state index < -0.39 is 23.3 Å². The first-order valence-electron chi connectivity index (χ1n) is 9.72. The largest absolute Gasteiger partial charge is 0.490 e. The van der Waals surface area contributed by atoms with Crippen LogP contribution in [0.3, 0.4) is 0 Å². The van der Waals surface area contributed by atoms with Crippen LogP contribution in [0.5, 0.6) is 5.75 Å². The van der Waals surface area contributed by atoms with Crippen molar-refractivity contribution in [1.29, 1.82) is 0 Å². The molecule has 31 heavy (non-hydrogen) atoms. The Morgan fingerprint density at radius 3 is 2.61 bits per heavy atom. The number of nitrogens with zero attached hydrogens (tertiary/aromatic N) is 1. The Bertz CT molecular complexity index is 1020. The number of ether oxygens (including phenoxy) is 1. The Labute approximate surface area is 187 Å². The molecule has 0 spiro atoms. The van der Waals surface area contributed by atoms with Crippen molar-refractivity contribution in [3.63, 3.8) is 0 Å². The highest BCUT2D eigenvalue weighted by Crippen LogP contribution is 2.38. The van der Waals surface area contributed by atoms with Gasteiger partial charge in [0.1, 0.15) is 29.7 Å². The second-order valence-electron chi connectivity index (χ2n) is 7.77. The van der Waals surface area contributed by atoms with Crippen LogP contribution in [-0.2, 0) is 11.2 Å². The Balaban J connectivity index is 1.48. The first kappa shape index (κ1) is 22.1. The van der Waals surface area contributed by atoms with Crippen molar-refractivity contribution in [2.24, 2.45) is 0 Å². The molecule has 2 aliphatic rings. The molecule has 1 amide bonds. The zero-order valence-corrected chi connectivity index (χ0v) is 17.8. The minimum atomic E-state index is -1.62. The van der Waals surface area contributed by atoms with E-state index in [1.165, 1.54) is 4.90 Å². The number of β-amino-alcohol motifs (C(OH)–C–C–N with tert-alkyl or cyclic N) is 1. The third kappa shape index (κ3) is 4.30. The van der Waals surface area contributed by atoms with Crippen LogP contribution in [0.25, 0.3) is 0 Å². The van der Waals surface area contributed by atoms with Crippen LogP contribution < -0.4 is 15.0 Å². The molecule has 1 saturated heterocycles. The molecule has 2 atom stereocenters. The number of aliphatic hydroxyl groups is 2. The van der Waals surface area contributed by atoms with Crippen molar-refractivity contribution in [3.05, 3.63) is 51.5 Å². The molecule has 4 rings (SSSR count). The van der Waals surface area contributed by atoms with Gasteiger partial charge in [-0.05, 0) is 37.1 Å². The summed E-state index contributed by atoms with van der Waals surface area (Å²) in [6, 6.07) is 5.22. The second kappa shape index (κ2) is 8.43. The SMILES string of the molecule is O=C1CCc2c(OC[C@]3(O)CCN(c4c(F)cc(Cl)cc4F)C[C@H]3O)ccc(Cl)c2N1. The Kier molecular flexibility index (Phi) is 6.00. The van der Waals surface area contributed by atoms with E-state index in [1.807, 2.05) is 0 Å². The van der Waals surface area contributed by atoms with Gasteiger partial charge in [-0.1, -0.05) is 23.2 Å². The standard InChI is InChI=1S/C21H20Cl2F2N2O4/c22-11-7-14(24)20(15(25)8-11)27-6-5-21(30,17(28)9-27)10-31-16-3-2-13(23)19-12(16)1-4-18(29)26-19/h2-3,7-8,17,28,30H,1,4-6,9-10H2,(H,26,29)/t17-,21-/m1/s1. The molecule has 0 radical (unpaired) electrons. The molecule has 0 bridgehead atoms. The van der Waals surface area contributed by atoms with Gasteiger partial charge in [0.25, 0.3) is 0 Å². The van der Waals surface area contributed by atoms with Crippen molar-refractivity contribution in [2.75, 3.05) is 29.9 Å². The maximum atomic E-state index is 14.2. The van der Waals surface area contributed by atoms with E-state index in [9.17, 15) is 23.8 Å². The number of amides is 1. The Hall–Kier alpha value is -2.13. The van der Waals surface area contributed by atoms with Crippen LogP contribution in [0, 0.1) is 11.6 Å². The fourth-order valence-corrected chi connectivity index (χ4v) is 4.35. The van der Waals surface area contributed by atoms with Crippen LogP contribution >= 0.6 is 23.2 Å². The van der Waals surface area contributed by atoms with Gasteiger partial charge in [-0.25, -0.2) is 8.78 Å². The van der Waals surface area contributed by atoms with Gasteiger partial charge in [-0.3, -0.25) is 4.79 Å². The van der Waals surface area contributed by atoms with Gasteiger partial charge in [-0.15, -0.1) is 0 Å². The number of anilines is 2. The monoisotopic (exact) mass is 472 g/mol. The van der Waals surface area contributed by atoms with Gasteiger partial charge in [0.2, 0.25) is 5.91 Å². The zero-order chi connectivity index (χ0) is 22.3. The topological polar surface area (TPSA) is 82.0 Å². The number of hydrogen-bond acceptors (Lipinski definition) is 5. The minimum Gasteiger partial charge on any atom is -0.490 e. The molecule has 2 aromatic rings. The number of piperidine rings is 1. The van der Waals surface area contributed by atoms with Crippen molar-refractivity contribution in [2.45, 2.75) is 31.0 Å². The zero-order valence-electron chi connectivity index (χ0n) is 16.3. The fourth-order valence-electron chi connectivity index (χ4n) is 3.94. The molecule has 166 valence electrons. The molecular formula is C21H20Cl2F2N2O4. The first-order valence-corrected chi connectivity index (χ1v) is 10.5. The summed E-state index contributed by atoms with van der Waals surface area (Å²) in [7, 11) is 0. The van der Waals surface area contributed by atoms with E-state index in [2.05, 4.69) is 5.32 Å². The van der Waals surface area contributed by atoms with Crippen LogP contribution in [-0.4, -0.2) is 47.5 Å². The lowest BCUT2D eigenvalue weighted by Gasteiger charge is -2.42. The van der Waals surface area contributed by atoms with Crippen LogP contribution in [0.15, 0.2) is 24.3 Å². The summed E-state index contributed by atoms with van der Waals surface area (Å²) < 4.78 is 34.3. The van der Waals surface area contributed by atoms with E-state index in [0.717, 1.165) is 12.1 Å². The van der Waals surface area contributed by atoms with Crippen LogP contribution in [0.1, 0.15) is 18.4 Å². The van der Waals surface area contributed by atoms with E-state index in [0.29, 0.717) is 28.4 Å². The highest BCUT2D eigenvalue weighted by Gasteiger charge is 2.43. The number of nitrogens with one attached hydrogen (secondary N) is 1. The molecule has 0 saturated carbocycles. The summed E-state index contributed by atoms with van der Waals surface area (Å²) >= 11 is 11.8. The van der Waals surface area contributed by atoms with Crippen molar-refractivity contribution < 1.29 is 28.5 Å². The van der Waals surface area contributed by atoms with Gasteiger partial charge in [-0.2, -0.15) is 0 Å². The Morgan fingerprint density at radius 1 is 1.23 bits per heavy atom. The summed E-state index contributed by atoms with van der Waals surface area (Å²) in [6.45, 7) is -0.332. The summed E-state index contributed by atoms with van der Waals surface area (Å²) in [4.78, 5) is 13.0. The lowest BCUT2D eigenvalue weighted by Crippen LogP contribution is -2.58. The van der Waals surface area contributed by atoms with Crippen LogP contribution in [0.2, 0.25) is 10.0 Å². The molecule has 1 fully saturated rings. The lowest BCUT2D eigenvalue weighted by atomic mass is 9.89. The van der Waals surface area contributed by atoms with Gasteiger partial charge >= 0.3 is 0 Å². The average molecular weight is 473 g/mol. The molecule has 6 nitrogen and oxygen atoms in total. The predicted molar refractivity (Wildman–Crippen MR) is 113 cm³/mol. The van der Waals surface area contributed by atoms with E-state index in [-0.39, 0.29) is 49.2 Å². The third-order valence-electron chi connectivity index (χ3n) is 5.69. The number of aliphatic hydroxyl groups excluding tert-OH is 1. The van der Waals surface area contributed by atoms with Crippen molar-refractivity contribution in [3.8, 4) is 5.75 Å². The molecular weight excluding hydrogens is 453 g/mol. The summed E-state index contributed by atoms with van der Waals surface area (Å²) in [5.74, 6) is -1.38. The number of fused-ring (bicyclic) bond motifs is 1. The van der Waals surface area contributed by atoms with E-state index in [4.69, 9.17) is 27.9 Å². The molecule has 10 heteroatoms. The van der Waals surface area contributed by atoms with E-state index >= 15 is 0 Å². The number of hydrogen-bond donors (Lipinski definition) is 3. The van der Waals surface area contributed by atoms with Gasteiger partial charge in [0.15, 0.2) is 11.6 Å². The summed E-state index contributed by atoms with van der Waals surface area (Å²) in [5.41, 5.74) is -0.728. The number of benzene rings is 2. The van der Waals surface area contributed by atoms with Gasteiger partial charge in [0.05, 0.1) is 10.7 Å². The maximum Gasteiger partial charge on any atom is 0.224 e. The molecule has 2 heterocycles. The molecule has 0 unspecified atom stereocenters. The molecule has 3 N–H and O–H groups in total. The Morgan fingerprint density at radius 2 is 1.94 bits per heavy atom. The van der Waals surface area contributed by atoms with E-state index in [1.54, 1.807) is 12.1 Å². The molecule has 2 aliphatic heterocycles. The summed E-state index contributed by atoms with van der Waals surface area (Å²) in [6.07, 6.45) is -0.592. The smallest absolute Gasteiger partial charge is 0.224 e. The predicted octanol–water partition coefficient (Wildman–Crippen LogP) is 3.54. The van der Waals surface area contributed by atoms with Crippen LogP contribution in [0.4, 0.5) is 20.2 Å². The lowest BCUT2D eigenvalue weighted by molar-refractivity contribution is -0.116. The number of carbonyl (C=O) groups excluding carboxylic acids is 1. The number of halogens is 4. The molecule has 0 aromatic heterocycles. The quantitative estimate of drug-likeness (QED) is 0.633. The third-order valence-corrected chi connectivity index (χ3v) is 6.22. The number of rotatable bonds is 4. The molecule has 2 aromatic carbocycles. The highest BCUT2D eigenvalue weighted by atomic mass is 35.5. The first-order chi connectivity index (χ1) is 14.7. The van der Waals surface area contributed by atoms with Crippen molar-refractivity contribution >= 4 is 40.5 Å². The number of carbonyl (C=O) groups is 1. The summed E-state index contributed by atoms with van der Waals surface area (Å²) in [5, 5.41) is 24.5. The second-order valence-corrected chi connectivity index (χ2v) is 8.61. The van der Waals surface area contributed by atoms with Gasteiger partial charge in [0, 0.05) is 30.1 Å². The normalized spacial score (nSPS) is 23.4. The highest BCUT2D eigenvalue weighted by molar-refractivity contribution is 6.34. The average Bonchev–Trinajstić information content (AvgIpc) is 2.70. The maximum absolute atomic E-state index is 14.2. The van der Waals surface area contributed by atoms with Crippen molar-refractivity contribution in [1.82, 2.24) is 0 Å².